The van der Waals surface area contributed by atoms with E-state index in [1.54, 1.807) is 24.3 Å². The second kappa shape index (κ2) is 6.02. The van der Waals surface area contributed by atoms with E-state index >= 15 is 0 Å². The van der Waals surface area contributed by atoms with Crippen LogP contribution in [0.15, 0.2) is 24.3 Å². The number of aliphatic carboxylic acids is 1. The summed E-state index contributed by atoms with van der Waals surface area (Å²) < 4.78 is 0. The van der Waals surface area contributed by atoms with Crippen LogP contribution in [0.2, 0.25) is 0 Å². The minimum absolute atomic E-state index is 0.00596. The molecule has 2 saturated carbocycles. The normalized spacial score (nSPS) is 18.1. The summed E-state index contributed by atoms with van der Waals surface area (Å²) in [6, 6.07) is 5.84. The lowest BCUT2D eigenvalue weighted by molar-refractivity contribution is -0.141. The first-order valence-corrected chi connectivity index (χ1v) is 7.94. The Morgan fingerprint density at radius 3 is 2.13 bits per heavy atom. The molecule has 2 aliphatic rings. The van der Waals surface area contributed by atoms with Crippen molar-refractivity contribution in [2.24, 2.45) is 0 Å². The second-order valence-electron chi connectivity index (χ2n) is 6.28. The first-order valence-electron chi connectivity index (χ1n) is 7.94. The van der Waals surface area contributed by atoms with Crippen LogP contribution in [-0.4, -0.2) is 45.9 Å². The molecule has 0 saturated heterocycles. The lowest BCUT2D eigenvalue weighted by Gasteiger charge is -2.26. The molecule has 0 radical (unpaired) electrons. The third-order valence-corrected chi connectivity index (χ3v) is 4.26. The van der Waals surface area contributed by atoms with Crippen molar-refractivity contribution >= 4 is 17.8 Å². The predicted molar refractivity (Wildman–Crippen MR) is 83.2 cm³/mol. The van der Waals surface area contributed by atoms with Crippen molar-refractivity contribution in [1.29, 1.82) is 0 Å². The van der Waals surface area contributed by atoms with E-state index < -0.39 is 12.0 Å². The molecule has 0 aromatic heterocycles. The molecule has 0 aliphatic heterocycles. The fraction of sp³-hybridized carbons (Fsp3) is 0.471. The number of nitrogens with one attached hydrogen (secondary N) is 1. The summed E-state index contributed by atoms with van der Waals surface area (Å²) in [5.41, 5.74) is 0.922. The van der Waals surface area contributed by atoms with E-state index in [0.29, 0.717) is 11.1 Å². The van der Waals surface area contributed by atoms with Gasteiger partial charge in [0.05, 0.1) is 0 Å². The largest absolute Gasteiger partial charge is 0.480 e. The highest BCUT2D eigenvalue weighted by molar-refractivity contribution is 5.99. The number of hydrogen-bond acceptors (Lipinski definition) is 3. The molecule has 1 aromatic rings. The van der Waals surface area contributed by atoms with Crippen LogP contribution in [0.1, 0.15) is 53.3 Å². The van der Waals surface area contributed by atoms with E-state index in [1.165, 1.54) is 11.8 Å². The number of rotatable bonds is 6. The fourth-order valence-corrected chi connectivity index (χ4v) is 2.54. The van der Waals surface area contributed by atoms with Crippen molar-refractivity contribution in [1.82, 2.24) is 10.2 Å². The number of carboxylic acid groups (broad SMARTS) is 1. The highest BCUT2D eigenvalue weighted by Crippen LogP contribution is 2.30. The zero-order chi connectivity index (χ0) is 16.6. The lowest BCUT2D eigenvalue weighted by Crippen LogP contribution is -2.44. The van der Waals surface area contributed by atoms with Crippen LogP contribution >= 0.6 is 0 Å². The Hall–Kier alpha value is -2.37. The van der Waals surface area contributed by atoms with Crippen molar-refractivity contribution in [2.45, 2.75) is 50.7 Å². The minimum atomic E-state index is -1.01. The maximum Gasteiger partial charge on any atom is 0.326 e. The quantitative estimate of drug-likeness (QED) is 0.835. The third-order valence-electron chi connectivity index (χ3n) is 4.26. The third kappa shape index (κ3) is 3.52. The van der Waals surface area contributed by atoms with Gasteiger partial charge in [-0.05, 0) is 56.9 Å². The Balaban J connectivity index is 1.73. The summed E-state index contributed by atoms with van der Waals surface area (Å²) in [6.45, 7) is 1.52. The summed E-state index contributed by atoms with van der Waals surface area (Å²) in [5, 5.41) is 12.1. The SMILES string of the molecule is CC(C(=O)O)N(C(=O)c1ccc(C(=O)NC2CC2)cc1)C1CC1. The first kappa shape index (κ1) is 15.5. The maximum atomic E-state index is 12.6. The maximum absolute atomic E-state index is 12.6. The van der Waals surface area contributed by atoms with E-state index in [9.17, 15) is 19.5 Å². The number of benzene rings is 1. The molecule has 1 atom stereocenters. The number of carbonyl (C=O) groups excluding carboxylic acids is 2. The molecule has 2 aliphatic carbocycles. The Morgan fingerprint density at radius 2 is 1.65 bits per heavy atom. The molecule has 2 N–H and O–H groups in total. The number of amides is 2. The monoisotopic (exact) mass is 316 g/mol. The van der Waals surface area contributed by atoms with Crippen LogP contribution in [0.5, 0.6) is 0 Å². The van der Waals surface area contributed by atoms with E-state index in [-0.39, 0.29) is 23.9 Å². The molecule has 2 amide bonds. The molecule has 6 heteroatoms. The van der Waals surface area contributed by atoms with Gasteiger partial charge in [-0.3, -0.25) is 9.59 Å². The summed E-state index contributed by atoms with van der Waals surface area (Å²) in [6.07, 6.45) is 3.72. The van der Waals surface area contributed by atoms with Gasteiger partial charge in [-0.1, -0.05) is 0 Å². The van der Waals surface area contributed by atoms with E-state index in [4.69, 9.17) is 0 Å². The van der Waals surface area contributed by atoms with Gasteiger partial charge < -0.3 is 15.3 Å². The topological polar surface area (TPSA) is 86.7 Å². The number of hydrogen-bond donors (Lipinski definition) is 2. The van der Waals surface area contributed by atoms with Gasteiger partial charge in [0.2, 0.25) is 0 Å². The van der Waals surface area contributed by atoms with Gasteiger partial charge in [-0.25, -0.2) is 4.79 Å². The van der Waals surface area contributed by atoms with Gasteiger partial charge >= 0.3 is 5.97 Å². The molecular weight excluding hydrogens is 296 g/mol. The molecule has 1 aromatic carbocycles. The average molecular weight is 316 g/mol. The Bertz CT molecular complexity index is 632. The van der Waals surface area contributed by atoms with Crippen LogP contribution in [-0.2, 0) is 4.79 Å². The average Bonchev–Trinajstić information content (AvgIpc) is 3.42. The van der Waals surface area contributed by atoms with Crippen LogP contribution in [0, 0.1) is 0 Å². The fourth-order valence-electron chi connectivity index (χ4n) is 2.54. The van der Waals surface area contributed by atoms with Crippen LogP contribution in [0.25, 0.3) is 0 Å². The van der Waals surface area contributed by atoms with Crippen molar-refractivity contribution < 1.29 is 19.5 Å². The van der Waals surface area contributed by atoms with Gasteiger partial charge in [0.1, 0.15) is 6.04 Å². The van der Waals surface area contributed by atoms with Crippen molar-refractivity contribution in [3.8, 4) is 0 Å². The molecule has 122 valence electrons. The summed E-state index contributed by atoms with van der Waals surface area (Å²) in [5.74, 6) is -1.44. The van der Waals surface area contributed by atoms with Crippen LogP contribution < -0.4 is 5.32 Å². The van der Waals surface area contributed by atoms with Gasteiger partial charge in [-0.2, -0.15) is 0 Å². The van der Waals surface area contributed by atoms with Crippen LogP contribution in [0.4, 0.5) is 0 Å². The molecule has 6 nitrogen and oxygen atoms in total. The zero-order valence-electron chi connectivity index (χ0n) is 13.0. The van der Waals surface area contributed by atoms with Crippen molar-refractivity contribution in [3.63, 3.8) is 0 Å². The first-order chi connectivity index (χ1) is 11.0. The van der Waals surface area contributed by atoms with Gasteiger partial charge in [-0.15, -0.1) is 0 Å². The summed E-state index contributed by atoms with van der Waals surface area (Å²) in [4.78, 5) is 37.2. The summed E-state index contributed by atoms with van der Waals surface area (Å²) >= 11 is 0. The lowest BCUT2D eigenvalue weighted by atomic mass is 10.1. The highest BCUT2D eigenvalue weighted by Gasteiger charge is 2.38. The minimum Gasteiger partial charge on any atom is -0.480 e. The molecule has 3 rings (SSSR count). The van der Waals surface area contributed by atoms with E-state index in [2.05, 4.69) is 5.32 Å². The van der Waals surface area contributed by atoms with Crippen LogP contribution in [0.3, 0.4) is 0 Å². The number of carboxylic acids is 1. The van der Waals surface area contributed by atoms with Gasteiger partial charge in [0, 0.05) is 23.2 Å². The smallest absolute Gasteiger partial charge is 0.326 e. The van der Waals surface area contributed by atoms with Gasteiger partial charge in [0.15, 0.2) is 0 Å². The number of carbonyl (C=O) groups is 3. The van der Waals surface area contributed by atoms with E-state index in [1.807, 2.05) is 0 Å². The molecule has 23 heavy (non-hydrogen) atoms. The molecule has 2 fully saturated rings. The van der Waals surface area contributed by atoms with Crippen molar-refractivity contribution in [2.75, 3.05) is 0 Å². The van der Waals surface area contributed by atoms with Gasteiger partial charge in [0.25, 0.3) is 11.8 Å². The Morgan fingerprint density at radius 1 is 1.09 bits per heavy atom. The Labute approximate surface area is 134 Å². The molecule has 0 spiro atoms. The second-order valence-corrected chi connectivity index (χ2v) is 6.28. The van der Waals surface area contributed by atoms with E-state index in [0.717, 1.165) is 25.7 Å². The Kier molecular flexibility index (Phi) is 4.07. The zero-order valence-corrected chi connectivity index (χ0v) is 13.0. The molecule has 1 unspecified atom stereocenters. The summed E-state index contributed by atoms with van der Waals surface area (Å²) in [7, 11) is 0. The standard InChI is InChI=1S/C17H20N2O4/c1-10(17(22)23)19(14-8-9-14)16(21)12-4-2-11(3-5-12)15(20)18-13-6-7-13/h2-5,10,13-14H,6-9H2,1H3,(H,18,20)(H,22,23). The highest BCUT2D eigenvalue weighted by atomic mass is 16.4. The molecule has 0 bridgehead atoms. The number of nitrogens with zero attached hydrogens (tertiary/aromatic N) is 1. The predicted octanol–water partition coefficient (Wildman–Crippen LogP) is 1.66. The molecular formula is C17H20N2O4. The van der Waals surface area contributed by atoms with Crippen molar-refractivity contribution in [3.05, 3.63) is 35.4 Å². The molecule has 0 heterocycles.